The fraction of sp³-hybridized carbons (Fsp3) is 0.909. The van der Waals surface area contributed by atoms with E-state index >= 15 is 0 Å². The maximum absolute atomic E-state index is 11.2. The van der Waals surface area contributed by atoms with Crippen molar-refractivity contribution in [3.8, 4) is 0 Å². The molecule has 1 saturated carbocycles. The van der Waals surface area contributed by atoms with Gasteiger partial charge in [0, 0.05) is 13.5 Å². The molecule has 1 rings (SSSR count). The molecule has 3 heteroatoms. The second-order valence-corrected chi connectivity index (χ2v) is 3.90. The first kappa shape index (κ1) is 11.5. The van der Waals surface area contributed by atoms with E-state index in [0.717, 1.165) is 19.3 Å². The molecule has 1 aliphatic rings. The zero-order valence-corrected chi connectivity index (χ0v) is 9.12. The van der Waals surface area contributed by atoms with Gasteiger partial charge in [-0.2, -0.15) is 0 Å². The van der Waals surface area contributed by atoms with E-state index in [1.165, 1.54) is 6.42 Å². The number of methoxy groups -OCH3 is 1. The summed E-state index contributed by atoms with van der Waals surface area (Å²) in [7, 11) is 1.75. The molecule has 0 saturated heterocycles. The molecule has 2 unspecified atom stereocenters. The van der Waals surface area contributed by atoms with Crippen molar-refractivity contribution in [1.29, 1.82) is 0 Å². The average Bonchev–Trinajstić information content (AvgIpc) is 2.18. The molecule has 0 amide bonds. The number of hydrogen-bond donors (Lipinski definition) is 0. The predicted octanol–water partition coefficient (Wildman–Crippen LogP) is 2.14. The van der Waals surface area contributed by atoms with Gasteiger partial charge in [-0.3, -0.25) is 4.79 Å². The average molecular weight is 200 g/mol. The van der Waals surface area contributed by atoms with E-state index in [1.54, 1.807) is 7.11 Å². The topological polar surface area (TPSA) is 35.5 Å². The SMILES string of the molecule is CCOC(=O)CC1CCCC(OC)C1. The number of carbonyl (C=O) groups is 1. The summed E-state index contributed by atoms with van der Waals surface area (Å²) < 4.78 is 10.2. The lowest BCUT2D eigenvalue weighted by Crippen LogP contribution is -2.24. The van der Waals surface area contributed by atoms with Crippen LogP contribution in [0.25, 0.3) is 0 Å². The standard InChI is InChI=1S/C11H20O3/c1-3-14-11(12)8-9-5-4-6-10(7-9)13-2/h9-10H,3-8H2,1-2H3. The first-order valence-electron chi connectivity index (χ1n) is 5.44. The highest BCUT2D eigenvalue weighted by molar-refractivity contribution is 5.69. The summed E-state index contributed by atoms with van der Waals surface area (Å²) >= 11 is 0. The first-order valence-corrected chi connectivity index (χ1v) is 5.44. The minimum absolute atomic E-state index is 0.0609. The van der Waals surface area contributed by atoms with Crippen molar-refractivity contribution in [2.75, 3.05) is 13.7 Å². The molecule has 0 spiro atoms. The van der Waals surface area contributed by atoms with Gasteiger partial charge in [0.25, 0.3) is 0 Å². The Kier molecular flexibility index (Phi) is 4.94. The lowest BCUT2D eigenvalue weighted by atomic mass is 9.85. The van der Waals surface area contributed by atoms with Crippen LogP contribution in [0.5, 0.6) is 0 Å². The highest BCUT2D eigenvalue weighted by Gasteiger charge is 2.23. The van der Waals surface area contributed by atoms with E-state index in [-0.39, 0.29) is 5.97 Å². The molecule has 0 radical (unpaired) electrons. The molecule has 14 heavy (non-hydrogen) atoms. The fourth-order valence-electron chi connectivity index (χ4n) is 2.10. The largest absolute Gasteiger partial charge is 0.466 e. The molecule has 82 valence electrons. The van der Waals surface area contributed by atoms with Crippen LogP contribution >= 0.6 is 0 Å². The third kappa shape index (κ3) is 3.66. The Hall–Kier alpha value is -0.570. The quantitative estimate of drug-likeness (QED) is 0.652. The van der Waals surface area contributed by atoms with Gasteiger partial charge in [-0.25, -0.2) is 0 Å². The molecule has 0 aromatic rings. The van der Waals surface area contributed by atoms with E-state index in [0.29, 0.717) is 25.0 Å². The van der Waals surface area contributed by atoms with Gasteiger partial charge in [0.05, 0.1) is 12.7 Å². The second kappa shape index (κ2) is 6.02. The van der Waals surface area contributed by atoms with Crippen LogP contribution in [-0.2, 0) is 14.3 Å². The van der Waals surface area contributed by atoms with Crippen LogP contribution in [-0.4, -0.2) is 25.8 Å². The van der Waals surface area contributed by atoms with Crippen molar-refractivity contribution in [2.45, 2.75) is 45.1 Å². The number of carbonyl (C=O) groups excluding carboxylic acids is 1. The number of rotatable bonds is 4. The van der Waals surface area contributed by atoms with E-state index in [9.17, 15) is 4.79 Å². The predicted molar refractivity (Wildman–Crippen MR) is 54.0 cm³/mol. The summed E-state index contributed by atoms with van der Waals surface area (Å²) in [5, 5.41) is 0. The molecule has 0 heterocycles. The molecule has 0 N–H and O–H groups in total. The maximum atomic E-state index is 11.2. The molecule has 0 bridgehead atoms. The van der Waals surface area contributed by atoms with Crippen molar-refractivity contribution >= 4 is 5.97 Å². The monoisotopic (exact) mass is 200 g/mol. The summed E-state index contributed by atoms with van der Waals surface area (Å²) in [6, 6.07) is 0. The third-order valence-corrected chi connectivity index (χ3v) is 2.83. The molecule has 3 nitrogen and oxygen atoms in total. The van der Waals surface area contributed by atoms with E-state index < -0.39 is 0 Å². The third-order valence-electron chi connectivity index (χ3n) is 2.83. The van der Waals surface area contributed by atoms with Gasteiger partial charge >= 0.3 is 5.97 Å². The number of esters is 1. The summed E-state index contributed by atoms with van der Waals surface area (Å²) in [6.45, 7) is 2.33. The highest BCUT2D eigenvalue weighted by Crippen LogP contribution is 2.28. The van der Waals surface area contributed by atoms with Crippen molar-refractivity contribution in [2.24, 2.45) is 5.92 Å². The fourth-order valence-corrected chi connectivity index (χ4v) is 2.10. The molecule has 2 atom stereocenters. The van der Waals surface area contributed by atoms with Crippen LogP contribution in [0.4, 0.5) is 0 Å². The molecule has 0 aliphatic heterocycles. The van der Waals surface area contributed by atoms with Crippen LogP contribution in [0.2, 0.25) is 0 Å². The molecular weight excluding hydrogens is 180 g/mol. The minimum atomic E-state index is -0.0609. The van der Waals surface area contributed by atoms with Gasteiger partial charge < -0.3 is 9.47 Å². The van der Waals surface area contributed by atoms with Gasteiger partial charge in [0.1, 0.15) is 0 Å². The zero-order chi connectivity index (χ0) is 10.4. The summed E-state index contributed by atoms with van der Waals surface area (Å²) in [5.74, 6) is 0.405. The summed E-state index contributed by atoms with van der Waals surface area (Å²) in [5.41, 5.74) is 0. The molecule has 1 aliphatic carbocycles. The first-order chi connectivity index (χ1) is 6.76. The Morgan fingerprint density at radius 1 is 1.43 bits per heavy atom. The number of ether oxygens (including phenoxy) is 2. The molecule has 0 aromatic heterocycles. The van der Waals surface area contributed by atoms with Crippen molar-refractivity contribution < 1.29 is 14.3 Å². The van der Waals surface area contributed by atoms with Crippen LogP contribution in [0.15, 0.2) is 0 Å². The lowest BCUT2D eigenvalue weighted by Gasteiger charge is -2.27. The van der Waals surface area contributed by atoms with Crippen LogP contribution in [0.1, 0.15) is 39.0 Å². The zero-order valence-electron chi connectivity index (χ0n) is 9.12. The Morgan fingerprint density at radius 2 is 2.21 bits per heavy atom. The Balaban J connectivity index is 2.26. The van der Waals surface area contributed by atoms with Crippen molar-refractivity contribution in [3.63, 3.8) is 0 Å². The molecule has 1 fully saturated rings. The molecule has 0 aromatic carbocycles. The van der Waals surface area contributed by atoms with Gasteiger partial charge in [-0.15, -0.1) is 0 Å². The van der Waals surface area contributed by atoms with E-state index in [4.69, 9.17) is 9.47 Å². The Morgan fingerprint density at radius 3 is 2.86 bits per heavy atom. The lowest BCUT2D eigenvalue weighted by molar-refractivity contribution is -0.144. The smallest absolute Gasteiger partial charge is 0.306 e. The van der Waals surface area contributed by atoms with Gasteiger partial charge in [-0.1, -0.05) is 6.42 Å². The Bertz CT molecular complexity index is 179. The van der Waals surface area contributed by atoms with Crippen LogP contribution in [0, 0.1) is 5.92 Å². The van der Waals surface area contributed by atoms with Gasteiger partial charge in [0.15, 0.2) is 0 Å². The summed E-state index contributed by atoms with van der Waals surface area (Å²) in [6.07, 6.45) is 5.36. The van der Waals surface area contributed by atoms with Crippen LogP contribution < -0.4 is 0 Å². The molecular formula is C11H20O3. The normalized spacial score (nSPS) is 27.3. The van der Waals surface area contributed by atoms with Gasteiger partial charge in [-0.05, 0) is 32.1 Å². The van der Waals surface area contributed by atoms with Crippen molar-refractivity contribution in [3.05, 3.63) is 0 Å². The van der Waals surface area contributed by atoms with Crippen molar-refractivity contribution in [1.82, 2.24) is 0 Å². The van der Waals surface area contributed by atoms with E-state index in [1.807, 2.05) is 6.92 Å². The number of hydrogen-bond acceptors (Lipinski definition) is 3. The van der Waals surface area contributed by atoms with Crippen LogP contribution in [0.3, 0.4) is 0 Å². The van der Waals surface area contributed by atoms with E-state index in [2.05, 4.69) is 0 Å². The summed E-state index contributed by atoms with van der Waals surface area (Å²) in [4.78, 5) is 11.2. The van der Waals surface area contributed by atoms with Gasteiger partial charge in [0.2, 0.25) is 0 Å². The highest BCUT2D eigenvalue weighted by atomic mass is 16.5. The Labute approximate surface area is 85.8 Å². The maximum Gasteiger partial charge on any atom is 0.306 e. The minimum Gasteiger partial charge on any atom is -0.466 e. The second-order valence-electron chi connectivity index (χ2n) is 3.90.